The molecule has 3 rings (SSSR count). The van der Waals surface area contributed by atoms with E-state index in [1.165, 1.54) is 7.11 Å². The molecule has 0 aliphatic carbocycles. The van der Waals surface area contributed by atoms with Crippen molar-refractivity contribution < 1.29 is 14.3 Å². The van der Waals surface area contributed by atoms with E-state index in [2.05, 4.69) is 31.9 Å². The van der Waals surface area contributed by atoms with E-state index in [9.17, 15) is 9.59 Å². The second kappa shape index (κ2) is 11.4. The standard InChI is InChI=1S/C24H22BrN3O3S/c1-31-21-12-11-17(25)15-19(21)23(30)28-24(32)27-20-10-6-5-9-18(20)22(29)26-14-13-16-7-3-2-4-8-16/h2-12,15H,13-14H2,1H3,(H,26,29)(H2,27,28,30,32). The van der Waals surface area contributed by atoms with E-state index < -0.39 is 5.91 Å². The molecular formula is C24H22BrN3O3S. The Labute approximate surface area is 200 Å². The number of ether oxygens (including phenoxy) is 1. The predicted molar refractivity (Wildman–Crippen MR) is 133 cm³/mol. The summed E-state index contributed by atoms with van der Waals surface area (Å²) in [7, 11) is 1.49. The largest absolute Gasteiger partial charge is 0.496 e. The van der Waals surface area contributed by atoms with Crippen molar-refractivity contribution >= 4 is 50.8 Å². The molecule has 3 N–H and O–H groups in total. The van der Waals surface area contributed by atoms with Gasteiger partial charge >= 0.3 is 0 Å². The highest BCUT2D eigenvalue weighted by atomic mass is 79.9. The fraction of sp³-hybridized carbons (Fsp3) is 0.125. The van der Waals surface area contributed by atoms with E-state index in [1.54, 1.807) is 42.5 Å². The monoisotopic (exact) mass is 511 g/mol. The summed E-state index contributed by atoms with van der Waals surface area (Å²) in [5.41, 5.74) is 2.40. The summed E-state index contributed by atoms with van der Waals surface area (Å²) in [6.07, 6.45) is 0.727. The Morgan fingerprint density at radius 3 is 2.41 bits per heavy atom. The highest BCUT2D eigenvalue weighted by Crippen LogP contribution is 2.23. The van der Waals surface area contributed by atoms with Crippen LogP contribution >= 0.6 is 28.1 Å². The minimum Gasteiger partial charge on any atom is -0.496 e. The number of nitrogens with one attached hydrogen (secondary N) is 3. The van der Waals surface area contributed by atoms with Crippen LogP contribution in [0.15, 0.2) is 77.3 Å². The number of benzene rings is 3. The van der Waals surface area contributed by atoms with Gasteiger partial charge in [0.15, 0.2) is 5.11 Å². The van der Waals surface area contributed by atoms with E-state index in [0.29, 0.717) is 29.1 Å². The van der Waals surface area contributed by atoms with E-state index in [4.69, 9.17) is 17.0 Å². The van der Waals surface area contributed by atoms with Crippen molar-refractivity contribution in [1.82, 2.24) is 10.6 Å². The average molecular weight is 512 g/mol. The lowest BCUT2D eigenvalue weighted by Crippen LogP contribution is -2.35. The molecule has 0 saturated carbocycles. The summed E-state index contributed by atoms with van der Waals surface area (Å²) in [6, 6.07) is 22.0. The third kappa shape index (κ3) is 6.38. The molecule has 0 aromatic heterocycles. The molecule has 0 aliphatic heterocycles. The molecule has 0 atom stereocenters. The first-order valence-electron chi connectivity index (χ1n) is 9.85. The Bertz CT molecular complexity index is 1120. The number of hydrogen-bond acceptors (Lipinski definition) is 4. The summed E-state index contributed by atoms with van der Waals surface area (Å²) in [5, 5.41) is 8.55. The Morgan fingerprint density at radius 2 is 1.66 bits per heavy atom. The van der Waals surface area contributed by atoms with Crippen molar-refractivity contribution in [3.63, 3.8) is 0 Å². The quantitative estimate of drug-likeness (QED) is 0.405. The van der Waals surface area contributed by atoms with Crippen LogP contribution in [0.1, 0.15) is 26.3 Å². The maximum Gasteiger partial charge on any atom is 0.261 e. The normalized spacial score (nSPS) is 10.2. The Morgan fingerprint density at radius 1 is 0.938 bits per heavy atom. The van der Waals surface area contributed by atoms with Gasteiger partial charge in [0, 0.05) is 11.0 Å². The van der Waals surface area contributed by atoms with Crippen molar-refractivity contribution in [3.05, 3.63) is 94.0 Å². The Kier molecular flexibility index (Phi) is 8.35. The van der Waals surface area contributed by atoms with Gasteiger partial charge in [-0.3, -0.25) is 14.9 Å². The molecule has 0 bridgehead atoms. The molecule has 0 spiro atoms. The molecule has 164 valence electrons. The number of amides is 2. The van der Waals surface area contributed by atoms with Crippen LogP contribution in [0.5, 0.6) is 5.75 Å². The number of para-hydroxylation sites is 1. The third-order valence-electron chi connectivity index (χ3n) is 4.60. The average Bonchev–Trinajstić information content (AvgIpc) is 2.80. The molecule has 8 heteroatoms. The smallest absolute Gasteiger partial charge is 0.261 e. The SMILES string of the molecule is COc1ccc(Br)cc1C(=O)NC(=S)Nc1ccccc1C(=O)NCCc1ccccc1. The minimum absolute atomic E-state index is 0.0709. The lowest BCUT2D eigenvalue weighted by atomic mass is 10.1. The molecule has 0 heterocycles. The van der Waals surface area contributed by atoms with Crippen molar-refractivity contribution in [2.24, 2.45) is 0 Å². The number of halogens is 1. The molecular weight excluding hydrogens is 490 g/mol. The fourth-order valence-electron chi connectivity index (χ4n) is 3.03. The van der Waals surface area contributed by atoms with Crippen LogP contribution in [0.2, 0.25) is 0 Å². The summed E-state index contributed by atoms with van der Waals surface area (Å²) < 4.78 is 5.98. The van der Waals surface area contributed by atoms with Crippen LogP contribution in [0.4, 0.5) is 5.69 Å². The molecule has 32 heavy (non-hydrogen) atoms. The Hall–Kier alpha value is -3.23. The number of rotatable bonds is 7. The number of hydrogen-bond donors (Lipinski definition) is 3. The second-order valence-corrected chi connectivity index (χ2v) is 8.11. The number of methoxy groups -OCH3 is 1. The molecule has 6 nitrogen and oxygen atoms in total. The number of anilines is 1. The van der Waals surface area contributed by atoms with Crippen LogP contribution < -0.4 is 20.7 Å². The minimum atomic E-state index is -0.426. The first kappa shape index (κ1) is 23.4. The fourth-order valence-corrected chi connectivity index (χ4v) is 3.60. The van der Waals surface area contributed by atoms with Gasteiger partial charge in [0.2, 0.25) is 0 Å². The van der Waals surface area contributed by atoms with Crippen LogP contribution in [0.3, 0.4) is 0 Å². The predicted octanol–water partition coefficient (Wildman–Crippen LogP) is 4.56. The number of carbonyl (C=O) groups is 2. The summed E-state index contributed by atoms with van der Waals surface area (Å²) in [6.45, 7) is 0.501. The van der Waals surface area contributed by atoms with Crippen molar-refractivity contribution in [3.8, 4) is 5.75 Å². The second-order valence-electron chi connectivity index (χ2n) is 6.79. The first-order chi connectivity index (χ1) is 15.5. The zero-order chi connectivity index (χ0) is 22.9. The first-order valence-corrected chi connectivity index (χ1v) is 11.0. The van der Waals surface area contributed by atoms with Gasteiger partial charge in [0.1, 0.15) is 5.75 Å². The summed E-state index contributed by atoms with van der Waals surface area (Å²) >= 11 is 8.64. The molecule has 0 unspecified atom stereocenters. The zero-order valence-corrected chi connectivity index (χ0v) is 19.8. The van der Waals surface area contributed by atoms with E-state index in [1.807, 2.05) is 30.3 Å². The number of thiocarbonyl (C=S) groups is 1. The van der Waals surface area contributed by atoms with Crippen molar-refractivity contribution in [2.45, 2.75) is 6.42 Å². The maximum absolute atomic E-state index is 12.7. The van der Waals surface area contributed by atoms with Crippen LogP contribution in [-0.4, -0.2) is 30.6 Å². The summed E-state index contributed by atoms with van der Waals surface area (Å²) in [4.78, 5) is 25.4. The van der Waals surface area contributed by atoms with Gasteiger partial charge in [-0.05, 0) is 54.5 Å². The molecule has 0 saturated heterocycles. The highest BCUT2D eigenvalue weighted by molar-refractivity contribution is 9.10. The molecule has 0 aliphatic rings. The van der Waals surface area contributed by atoms with Crippen molar-refractivity contribution in [1.29, 1.82) is 0 Å². The van der Waals surface area contributed by atoms with E-state index >= 15 is 0 Å². The van der Waals surface area contributed by atoms with Crippen molar-refractivity contribution in [2.75, 3.05) is 19.0 Å². The maximum atomic E-state index is 12.7. The highest BCUT2D eigenvalue weighted by Gasteiger charge is 2.16. The molecule has 3 aromatic rings. The summed E-state index contributed by atoms with van der Waals surface area (Å²) in [5.74, 6) is -0.232. The van der Waals surface area contributed by atoms with Gasteiger partial charge in [-0.1, -0.05) is 58.4 Å². The molecule has 3 aromatic carbocycles. The van der Waals surface area contributed by atoms with Gasteiger partial charge in [0.25, 0.3) is 11.8 Å². The third-order valence-corrected chi connectivity index (χ3v) is 5.29. The van der Waals surface area contributed by atoms with Gasteiger partial charge < -0.3 is 15.4 Å². The molecule has 0 fully saturated rings. The van der Waals surface area contributed by atoms with E-state index in [-0.39, 0.29) is 11.0 Å². The van der Waals surface area contributed by atoms with Crippen LogP contribution in [0, 0.1) is 0 Å². The lowest BCUT2D eigenvalue weighted by Gasteiger charge is -2.14. The van der Waals surface area contributed by atoms with Crippen LogP contribution in [0.25, 0.3) is 0 Å². The lowest BCUT2D eigenvalue weighted by molar-refractivity contribution is 0.0952. The topological polar surface area (TPSA) is 79.5 Å². The number of carbonyl (C=O) groups excluding carboxylic acids is 2. The van der Waals surface area contributed by atoms with Gasteiger partial charge in [-0.2, -0.15) is 0 Å². The van der Waals surface area contributed by atoms with Gasteiger partial charge in [0.05, 0.1) is 23.9 Å². The van der Waals surface area contributed by atoms with E-state index in [0.717, 1.165) is 16.5 Å². The molecule has 2 amide bonds. The Balaban J connectivity index is 1.62. The zero-order valence-electron chi connectivity index (χ0n) is 17.4. The molecule has 0 radical (unpaired) electrons. The van der Waals surface area contributed by atoms with Gasteiger partial charge in [-0.15, -0.1) is 0 Å². The van der Waals surface area contributed by atoms with Crippen LogP contribution in [-0.2, 0) is 6.42 Å². The van der Waals surface area contributed by atoms with Gasteiger partial charge in [-0.25, -0.2) is 0 Å².